The molecule has 0 bridgehead atoms. The summed E-state index contributed by atoms with van der Waals surface area (Å²) in [6.45, 7) is 9.27. The van der Waals surface area contributed by atoms with Crippen molar-refractivity contribution in [1.82, 2.24) is 40.4 Å². The van der Waals surface area contributed by atoms with Crippen LogP contribution in [0.5, 0.6) is 5.75 Å². The molecular formula is C43H52N8O7. The van der Waals surface area contributed by atoms with Crippen LogP contribution in [0, 0.1) is 11.8 Å². The van der Waals surface area contributed by atoms with Crippen LogP contribution in [0.3, 0.4) is 0 Å². The molecular weight excluding hydrogens is 741 g/mol. The van der Waals surface area contributed by atoms with Crippen LogP contribution in [0.15, 0.2) is 48.7 Å². The van der Waals surface area contributed by atoms with Crippen LogP contribution in [0.1, 0.15) is 82.7 Å². The smallest absolute Gasteiger partial charge is 0.407 e. The Morgan fingerprint density at radius 2 is 1.59 bits per heavy atom. The number of aliphatic hydroxyl groups excluding tert-OH is 1. The van der Waals surface area contributed by atoms with E-state index < -0.39 is 24.6 Å². The number of likely N-dealkylation sites (tertiary alicyclic amines) is 2. The van der Waals surface area contributed by atoms with Crippen molar-refractivity contribution in [3.8, 4) is 28.1 Å². The minimum Gasteiger partial charge on any atom is -0.488 e. The second kappa shape index (κ2) is 16.0. The Hall–Kier alpha value is -5.51. The molecule has 3 amide bonds. The lowest BCUT2D eigenvalue weighted by Crippen LogP contribution is -2.52. The van der Waals surface area contributed by atoms with E-state index in [1.807, 2.05) is 49.8 Å². The van der Waals surface area contributed by atoms with E-state index in [2.05, 4.69) is 57.0 Å². The predicted molar refractivity (Wildman–Crippen MR) is 217 cm³/mol. The van der Waals surface area contributed by atoms with Gasteiger partial charge in [-0.2, -0.15) is 0 Å². The van der Waals surface area contributed by atoms with Crippen LogP contribution in [-0.2, 0) is 25.7 Å². The maximum atomic E-state index is 13.8. The maximum absolute atomic E-state index is 13.8. The third-order valence-corrected chi connectivity index (χ3v) is 11.8. The Kier molecular flexibility index (Phi) is 10.9. The first-order valence-corrected chi connectivity index (χ1v) is 20.2. The molecule has 2 unspecified atom stereocenters. The Morgan fingerprint density at radius 1 is 0.879 bits per heavy atom. The number of ether oxygens (including phenoxy) is 3. The van der Waals surface area contributed by atoms with E-state index >= 15 is 0 Å². The normalized spacial score (nSPS) is 19.3. The maximum Gasteiger partial charge on any atom is 0.407 e. The van der Waals surface area contributed by atoms with Gasteiger partial charge in [-0.15, -0.1) is 0 Å². The van der Waals surface area contributed by atoms with Crippen LogP contribution >= 0.6 is 0 Å². The van der Waals surface area contributed by atoms with Crippen molar-refractivity contribution in [3.05, 3.63) is 65.9 Å². The lowest BCUT2D eigenvalue weighted by molar-refractivity contribution is -0.145. The Morgan fingerprint density at radius 3 is 2.28 bits per heavy atom. The number of aromatic nitrogens is 4. The molecule has 0 aliphatic carbocycles. The number of hydrogen-bond acceptors (Lipinski definition) is 10. The molecule has 58 heavy (non-hydrogen) atoms. The fourth-order valence-electron chi connectivity index (χ4n) is 8.74. The first kappa shape index (κ1) is 39.3. The highest BCUT2D eigenvalue weighted by Gasteiger charge is 2.39. The number of nitrogens with zero attached hydrogens (tertiary/aromatic N) is 4. The molecule has 5 atom stereocenters. The summed E-state index contributed by atoms with van der Waals surface area (Å²) in [5.41, 5.74) is 6.66. The number of fused-ring (bicyclic) bond motifs is 6. The SMILES string of the molecule is COC(=O)NC(C(=O)N1CCC[C@H]1c1ncc(-c2ccc3c(c2)COc2cc4c(ccc5[nH]c([C@@H]6CCCN6C(=O)[C@@H](NC(O)OC)C(C)C)nc54)cc2-3)[nH]1)C(C)C. The molecule has 3 aliphatic heterocycles. The van der Waals surface area contributed by atoms with Gasteiger partial charge in [0, 0.05) is 31.1 Å². The number of carbonyl (C=O) groups excluding carboxylic acids is 3. The van der Waals surface area contributed by atoms with Gasteiger partial charge in [0.05, 0.1) is 48.2 Å². The highest BCUT2D eigenvalue weighted by molar-refractivity contribution is 6.07. The van der Waals surface area contributed by atoms with E-state index in [1.165, 1.54) is 14.2 Å². The summed E-state index contributed by atoms with van der Waals surface area (Å²) in [4.78, 5) is 59.9. The van der Waals surface area contributed by atoms with Crippen molar-refractivity contribution in [2.24, 2.45) is 11.8 Å². The average molecular weight is 793 g/mol. The minimum atomic E-state index is -1.24. The number of rotatable bonds is 11. The zero-order valence-electron chi connectivity index (χ0n) is 33.8. The minimum absolute atomic E-state index is 0.0612. The van der Waals surface area contributed by atoms with E-state index in [1.54, 1.807) is 0 Å². The number of aliphatic hydroxyl groups is 1. The van der Waals surface area contributed by atoms with Gasteiger partial charge in [-0.3, -0.25) is 14.9 Å². The zero-order chi connectivity index (χ0) is 40.8. The van der Waals surface area contributed by atoms with Crippen LogP contribution in [-0.4, -0.2) is 98.6 Å². The molecule has 2 saturated heterocycles. The van der Waals surface area contributed by atoms with Gasteiger partial charge in [0.2, 0.25) is 18.2 Å². The predicted octanol–water partition coefficient (Wildman–Crippen LogP) is 5.91. The highest BCUT2D eigenvalue weighted by atomic mass is 16.6. The molecule has 3 aromatic carbocycles. The molecule has 0 radical (unpaired) electrons. The van der Waals surface area contributed by atoms with Crippen molar-refractivity contribution in [2.75, 3.05) is 27.3 Å². The van der Waals surface area contributed by atoms with Crippen LogP contribution in [0.2, 0.25) is 0 Å². The van der Waals surface area contributed by atoms with E-state index in [9.17, 15) is 19.5 Å². The number of hydrogen-bond donors (Lipinski definition) is 5. The average Bonchev–Trinajstić information content (AvgIpc) is 4.06. The largest absolute Gasteiger partial charge is 0.488 e. The van der Waals surface area contributed by atoms with Crippen LogP contribution < -0.4 is 15.4 Å². The first-order chi connectivity index (χ1) is 27.9. The van der Waals surface area contributed by atoms with Crippen molar-refractivity contribution < 1.29 is 33.7 Å². The summed E-state index contributed by atoms with van der Waals surface area (Å²) in [5, 5.41) is 17.7. The molecule has 5 N–H and O–H groups in total. The number of methoxy groups -OCH3 is 2. The van der Waals surface area contributed by atoms with E-state index in [4.69, 9.17) is 24.2 Å². The fraction of sp³-hybridized carbons (Fsp3) is 0.465. The third kappa shape index (κ3) is 7.26. The summed E-state index contributed by atoms with van der Waals surface area (Å²) < 4.78 is 16.2. The molecule has 5 aromatic rings. The number of benzene rings is 3. The Bertz CT molecular complexity index is 2350. The molecule has 3 aliphatic rings. The van der Waals surface area contributed by atoms with E-state index in [-0.39, 0.29) is 35.7 Å². The van der Waals surface area contributed by atoms with Gasteiger partial charge >= 0.3 is 6.09 Å². The second-order valence-corrected chi connectivity index (χ2v) is 16.2. The molecule has 15 nitrogen and oxygen atoms in total. The van der Waals surface area contributed by atoms with Gasteiger partial charge in [0.1, 0.15) is 30.0 Å². The molecule has 2 fully saturated rings. The van der Waals surface area contributed by atoms with Crippen molar-refractivity contribution in [3.63, 3.8) is 0 Å². The Balaban J connectivity index is 1.03. The number of aromatic amines is 2. The fourth-order valence-corrected chi connectivity index (χ4v) is 8.74. The van der Waals surface area contributed by atoms with Gasteiger partial charge in [0.25, 0.3) is 0 Å². The van der Waals surface area contributed by atoms with Gasteiger partial charge in [-0.25, -0.2) is 14.8 Å². The third-order valence-electron chi connectivity index (χ3n) is 11.8. The molecule has 15 heteroatoms. The summed E-state index contributed by atoms with van der Waals surface area (Å²) in [6.07, 6.45) is 3.19. The molecule has 5 heterocycles. The number of carbonyl (C=O) groups is 3. The number of nitrogens with one attached hydrogen (secondary N) is 4. The monoisotopic (exact) mass is 792 g/mol. The van der Waals surface area contributed by atoms with Gasteiger partial charge in [-0.05, 0) is 83.9 Å². The number of alkyl carbamates (subject to hydrolysis) is 1. The summed E-state index contributed by atoms with van der Waals surface area (Å²) in [5.74, 6) is 1.82. The van der Waals surface area contributed by atoms with Crippen LogP contribution in [0.25, 0.3) is 44.2 Å². The van der Waals surface area contributed by atoms with Crippen molar-refractivity contribution in [1.29, 1.82) is 0 Å². The lowest BCUT2D eigenvalue weighted by Gasteiger charge is -2.31. The van der Waals surface area contributed by atoms with Gasteiger partial charge < -0.3 is 44.4 Å². The van der Waals surface area contributed by atoms with Crippen LogP contribution in [0.4, 0.5) is 4.79 Å². The molecule has 0 saturated carbocycles. The highest BCUT2D eigenvalue weighted by Crippen LogP contribution is 2.43. The molecule has 306 valence electrons. The van der Waals surface area contributed by atoms with Crippen molar-refractivity contribution in [2.45, 2.75) is 90.6 Å². The summed E-state index contributed by atoms with van der Waals surface area (Å²) in [6, 6.07) is 12.9. The number of H-pyrrole nitrogens is 2. The second-order valence-electron chi connectivity index (χ2n) is 16.2. The van der Waals surface area contributed by atoms with E-state index in [0.717, 1.165) is 87.0 Å². The molecule has 2 aromatic heterocycles. The first-order valence-electron chi connectivity index (χ1n) is 20.2. The zero-order valence-corrected chi connectivity index (χ0v) is 33.8. The van der Waals surface area contributed by atoms with Gasteiger partial charge in [0.15, 0.2) is 0 Å². The quantitative estimate of drug-likeness (QED) is 0.101. The molecule has 8 rings (SSSR count). The number of amides is 3. The lowest BCUT2D eigenvalue weighted by atomic mass is 9.92. The summed E-state index contributed by atoms with van der Waals surface area (Å²) >= 11 is 0. The topological polar surface area (TPSA) is 187 Å². The number of imidazole rings is 2. The standard InChI is InChI=1S/C43H52N8O7/c1-22(2)35(48-42(54)56-5)40(52)50-15-7-9-32(50)38-44-20-31(46-38)25-11-13-27-26(17-25)21-58-34-19-28-24(18-29(27)34)12-14-30-37(28)47-39(45-30)33-10-8-16-51(33)41(53)36(23(3)4)49-43(55)57-6/h11-14,17-20,22-23,32-33,35-36,43,49,55H,7-10,15-16,21H2,1-6H3,(H,44,46)(H,45,47)(H,48,54)/t32-,33-,35?,36-,43?/m0/s1. The summed E-state index contributed by atoms with van der Waals surface area (Å²) in [7, 11) is 2.68. The molecule has 0 spiro atoms. The van der Waals surface area contributed by atoms with Crippen molar-refractivity contribution >= 4 is 39.7 Å². The Labute approximate surface area is 336 Å². The van der Waals surface area contributed by atoms with E-state index in [0.29, 0.717) is 25.5 Å². The van der Waals surface area contributed by atoms with Gasteiger partial charge in [-0.1, -0.05) is 45.9 Å².